The van der Waals surface area contributed by atoms with Gasteiger partial charge in [-0.2, -0.15) is 5.10 Å². The highest BCUT2D eigenvalue weighted by atomic mass is 16.5. The molecule has 0 spiro atoms. The highest BCUT2D eigenvalue weighted by Crippen LogP contribution is 2.13. The fourth-order valence-corrected chi connectivity index (χ4v) is 1.88. The maximum Gasteiger partial charge on any atom is 0.312 e. The molecule has 1 aromatic carbocycles. The number of Topliss-reactive ketones (excluding diaryl/α,β-unsaturated/α-hetero) is 1. The minimum absolute atomic E-state index is 0.0814. The van der Waals surface area contributed by atoms with Crippen LogP contribution in [-0.2, 0) is 27.8 Å². The number of aromatic nitrogens is 2. The van der Waals surface area contributed by atoms with Gasteiger partial charge in [0.05, 0.1) is 17.5 Å². The number of benzene rings is 1. The Morgan fingerprint density at radius 3 is 2.55 bits per heavy atom. The molecule has 1 aromatic heterocycles. The number of esters is 1. The molecule has 0 amide bonds. The smallest absolute Gasteiger partial charge is 0.312 e. The predicted molar refractivity (Wildman–Crippen MR) is 72.3 cm³/mol. The summed E-state index contributed by atoms with van der Waals surface area (Å²) in [4.78, 5) is 34.3. The van der Waals surface area contributed by atoms with Crippen molar-refractivity contribution in [3.8, 4) is 0 Å². The molecule has 0 saturated heterocycles. The quantitative estimate of drug-likeness (QED) is 0.763. The molecule has 2 aromatic rings. The van der Waals surface area contributed by atoms with Gasteiger partial charge in [-0.25, -0.2) is 4.68 Å². The Morgan fingerprint density at radius 1 is 1.25 bits per heavy atom. The van der Waals surface area contributed by atoms with Crippen molar-refractivity contribution in [1.29, 1.82) is 0 Å². The van der Waals surface area contributed by atoms with Crippen LogP contribution in [0, 0.1) is 0 Å². The molecule has 1 heterocycles. The minimum Gasteiger partial charge on any atom is -0.457 e. The number of rotatable bonds is 4. The van der Waals surface area contributed by atoms with Gasteiger partial charge in [-0.05, 0) is 13.0 Å². The van der Waals surface area contributed by atoms with Gasteiger partial charge in [0, 0.05) is 12.4 Å². The Morgan fingerprint density at radius 2 is 1.90 bits per heavy atom. The molecule has 0 aliphatic rings. The van der Waals surface area contributed by atoms with Gasteiger partial charge in [-0.15, -0.1) is 0 Å². The van der Waals surface area contributed by atoms with Crippen molar-refractivity contribution in [2.75, 3.05) is 6.61 Å². The van der Waals surface area contributed by atoms with Gasteiger partial charge in [0.25, 0.3) is 5.56 Å². The molecular formula is C14H14N2O4. The maximum absolute atomic E-state index is 11.9. The Balaban J connectivity index is 2.35. The van der Waals surface area contributed by atoms with Gasteiger partial charge < -0.3 is 4.74 Å². The van der Waals surface area contributed by atoms with Crippen LogP contribution < -0.4 is 5.56 Å². The largest absolute Gasteiger partial charge is 0.457 e. The van der Waals surface area contributed by atoms with Crippen LogP contribution in [0.3, 0.4) is 0 Å². The third-order valence-electron chi connectivity index (χ3n) is 2.78. The average molecular weight is 274 g/mol. The molecule has 2 rings (SSSR count). The van der Waals surface area contributed by atoms with Crippen molar-refractivity contribution < 1.29 is 14.3 Å². The summed E-state index contributed by atoms with van der Waals surface area (Å²) in [5.74, 6) is -0.770. The number of nitrogens with zero attached hydrogens (tertiary/aromatic N) is 2. The standard InChI is InChI=1S/C14H14N2O4/c1-9(17)8-20-13(18)7-12-10-5-3-4-6-11(10)14(19)16(2)15-12/h3-6H,7-8H2,1-2H3. The first-order valence-electron chi connectivity index (χ1n) is 6.09. The van der Waals surface area contributed by atoms with Crippen molar-refractivity contribution in [3.63, 3.8) is 0 Å². The number of carbonyl (C=O) groups is 2. The number of aryl methyl sites for hydroxylation is 1. The summed E-state index contributed by atoms with van der Waals surface area (Å²) in [6, 6.07) is 6.94. The molecule has 6 heteroatoms. The molecule has 0 saturated carbocycles. The van der Waals surface area contributed by atoms with E-state index in [1.54, 1.807) is 24.3 Å². The molecule has 0 unspecified atom stereocenters. The van der Waals surface area contributed by atoms with Crippen LogP contribution >= 0.6 is 0 Å². The van der Waals surface area contributed by atoms with Crippen molar-refractivity contribution in [1.82, 2.24) is 9.78 Å². The second kappa shape index (κ2) is 5.64. The van der Waals surface area contributed by atoms with E-state index in [2.05, 4.69) is 5.10 Å². The van der Waals surface area contributed by atoms with E-state index >= 15 is 0 Å². The molecule has 0 aliphatic heterocycles. The Hall–Kier alpha value is -2.50. The summed E-state index contributed by atoms with van der Waals surface area (Å²) in [5, 5.41) is 5.21. The topological polar surface area (TPSA) is 78.3 Å². The van der Waals surface area contributed by atoms with E-state index in [9.17, 15) is 14.4 Å². The van der Waals surface area contributed by atoms with Crippen molar-refractivity contribution >= 4 is 22.5 Å². The molecule has 0 radical (unpaired) electrons. The van der Waals surface area contributed by atoms with Crippen LogP contribution in [0.15, 0.2) is 29.1 Å². The van der Waals surface area contributed by atoms with E-state index in [4.69, 9.17) is 4.74 Å². The van der Waals surface area contributed by atoms with E-state index in [0.29, 0.717) is 16.5 Å². The fourth-order valence-electron chi connectivity index (χ4n) is 1.88. The molecule has 0 bridgehead atoms. The van der Waals surface area contributed by atoms with E-state index in [0.717, 1.165) is 0 Å². The third kappa shape index (κ3) is 2.90. The molecule has 20 heavy (non-hydrogen) atoms. The van der Waals surface area contributed by atoms with Crippen LogP contribution in [0.25, 0.3) is 10.8 Å². The van der Waals surface area contributed by atoms with Crippen molar-refractivity contribution in [2.45, 2.75) is 13.3 Å². The summed E-state index contributed by atoms with van der Waals surface area (Å²) in [7, 11) is 1.53. The van der Waals surface area contributed by atoms with E-state index < -0.39 is 5.97 Å². The molecule has 0 atom stereocenters. The molecule has 0 fully saturated rings. The summed E-state index contributed by atoms with van der Waals surface area (Å²) in [6.45, 7) is 1.09. The lowest BCUT2D eigenvalue weighted by Gasteiger charge is -2.07. The van der Waals surface area contributed by atoms with Crippen LogP contribution in [-0.4, -0.2) is 28.1 Å². The van der Waals surface area contributed by atoms with Crippen LogP contribution in [0.2, 0.25) is 0 Å². The Kier molecular flexibility index (Phi) is 3.93. The second-order valence-electron chi connectivity index (χ2n) is 4.46. The Labute approximate surface area is 115 Å². The lowest BCUT2D eigenvalue weighted by molar-refractivity contribution is -0.146. The average Bonchev–Trinajstić information content (AvgIpc) is 2.42. The normalized spacial score (nSPS) is 10.5. The molecular weight excluding hydrogens is 260 g/mol. The molecule has 0 aliphatic carbocycles. The second-order valence-corrected chi connectivity index (χ2v) is 4.46. The molecule has 104 valence electrons. The zero-order valence-corrected chi connectivity index (χ0v) is 11.3. The lowest BCUT2D eigenvalue weighted by atomic mass is 10.1. The van der Waals surface area contributed by atoms with Crippen LogP contribution in [0.5, 0.6) is 0 Å². The van der Waals surface area contributed by atoms with Crippen molar-refractivity contribution in [2.24, 2.45) is 7.05 Å². The first kappa shape index (κ1) is 13.9. The highest BCUT2D eigenvalue weighted by Gasteiger charge is 2.13. The van der Waals surface area contributed by atoms with Gasteiger partial charge in [-0.3, -0.25) is 14.4 Å². The SMILES string of the molecule is CC(=O)COC(=O)Cc1nn(C)c(=O)c2ccccc12. The van der Waals surface area contributed by atoms with Crippen LogP contribution in [0.1, 0.15) is 12.6 Å². The maximum atomic E-state index is 11.9. The number of carbonyl (C=O) groups excluding carboxylic acids is 2. The molecule has 0 N–H and O–H groups in total. The van der Waals surface area contributed by atoms with Crippen molar-refractivity contribution in [3.05, 3.63) is 40.3 Å². The summed E-state index contributed by atoms with van der Waals surface area (Å²) in [5.41, 5.74) is 0.234. The zero-order chi connectivity index (χ0) is 14.7. The summed E-state index contributed by atoms with van der Waals surface area (Å²) < 4.78 is 6.00. The van der Waals surface area contributed by atoms with Gasteiger partial charge >= 0.3 is 5.97 Å². The number of hydrogen-bond donors (Lipinski definition) is 0. The van der Waals surface area contributed by atoms with Crippen LogP contribution in [0.4, 0.5) is 0 Å². The van der Waals surface area contributed by atoms with Gasteiger partial charge in [0.15, 0.2) is 5.78 Å². The monoisotopic (exact) mass is 274 g/mol. The van der Waals surface area contributed by atoms with E-state index in [1.165, 1.54) is 18.7 Å². The number of hydrogen-bond acceptors (Lipinski definition) is 5. The van der Waals surface area contributed by atoms with Gasteiger partial charge in [0.2, 0.25) is 0 Å². The number of ether oxygens (including phenoxy) is 1. The predicted octanol–water partition coefficient (Wildman–Crippen LogP) is 0.608. The summed E-state index contributed by atoms with van der Waals surface area (Å²) in [6.07, 6.45) is -0.0814. The molecule has 6 nitrogen and oxygen atoms in total. The zero-order valence-electron chi connectivity index (χ0n) is 11.3. The number of fused-ring (bicyclic) bond motifs is 1. The summed E-state index contributed by atoms with van der Waals surface area (Å²) >= 11 is 0. The highest BCUT2D eigenvalue weighted by molar-refractivity contribution is 5.87. The lowest BCUT2D eigenvalue weighted by Crippen LogP contribution is -2.23. The Bertz CT molecular complexity index is 734. The fraction of sp³-hybridized carbons (Fsp3) is 0.286. The number of ketones is 1. The van der Waals surface area contributed by atoms with E-state index in [1.807, 2.05) is 0 Å². The first-order chi connectivity index (χ1) is 9.49. The van der Waals surface area contributed by atoms with Gasteiger partial charge in [0.1, 0.15) is 6.61 Å². The van der Waals surface area contributed by atoms with E-state index in [-0.39, 0.29) is 24.4 Å². The first-order valence-corrected chi connectivity index (χ1v) is 6.09. The van der Waals surface area contributed by atoms with Gasteiger partial charge in [-0.1, -0.05) is 18.2 Å². The minimum atomic E-state index is -0.545. The third-order valence-corrected chi connectivity index (χ3v) is 2.78.